The molecule has 1 amide bonds. The minimum Gasteiger partial charge on any atom is -0.494 e. The second-order valence-electron chi connectivity index (χ2n) is 5.28. The van der Waals surface area contributed by atoms with Crippen LogP contribution in [0.3, 0.4) is 0 Å². The third-order valence-electron chi connectivity index (χ3n) is 3.49. The van der Waals surface area contributed by atoms with Crippen molar-refractivity contribution < 1.29 is 9.53 Å². The number of nitrogens with one attached hydrogen (secondary N) is 1. The molecule has 0 unspecified atom stereocenters. The Morgan fingerprint density at radius 1 is 1.16 bits per heavy atom. The molecular weight excluding hydrogens is 340 g/mol. The average molecular weight is 357 g/mol. The number of hydrogen-bond acceptors (Lipinski definition) is 4. The molecule has 1 N–H and O–H groups in total. The summed E-state index contributed by atoms with van der Waals surface area (Å²) in [5.74, 6) is 0.334. The number of carbonyl (C=O) groups is 1. The van der Waals surface area contributed by atoms with Crippen LogP contribution in [0.2, 0.25) is 5.15 Å². The summed E-state index contributed by atoms with van der Waals surface area (Å²) in [6.45, 7) is 2.95. The monoisotopic (exact) mass is 356 g/mol. The molecule has 0 saturated carbocycles. The van der Waals surface area contributed by atoms with Crippen LogP contribution in [0.15, 0.2) is 54.6 Å². The van der Waals surface area contributed by atoms with Gasteiger partial charge in [-0.25, -0.2) is 4.68 Å². The quantitative estimate of drug-likeness (QED) is 0.732. The van der Waals surface area contributed by atoms with Gasteiger partial charge in [0.2, 0.25) is 0 Å². The van der Waals surface area contributed by atoms with E-state index in [1.807, 2.05) is 37.3 Å². The topological polar surface area (TPSA) is 69.0 Å². The fraction of sp³-hybridized carbons (Fsp3) is 0.167. The van der Waals surface area contributed by atoms with Crippen LogP contribution in [0.4, 0.5) is 5.69 Å². The lowest BCUT2D eigenvalue weighted by atomic mass is 10.2. The second-order valence-corrected chi connectivity index (χ2v) is 5.64. The van der Waals surface area contributed by atoms with Crippen molar-refractivity contribution >= 4 is 23.2 Å². The van der Waals surface area contributed by atoms with Crippen molar-refractivity contribution in [2.75, 3.05) is 11.9 Å². The number of nitrogens with zero attached hydrogens (tertiary/aromatic N) is 3. The number of ether oxygens (including phenoxy) is 1. The Labute approximate surface area is 150 Å². The van der Waals surface area contributed by atoms with Crippen LogP contribution in [0, 0.1) is 0 Å². The molecule has 3 aromatic rings. The van der Waals surface area contributed by atoms with Gasteiger partial charge in [-0.15, -0.1) is 5.10 Å². The predicted molar refractivity (Wildman–Crippen MR) is 96.1 cm³/mol. The lowest BCUT2D eigenvalue weighted by Crippen LogP contribution is -2.13. The van der Waals surface area contributed by atoms with E-state index in [-0.39, 0.29) is 10.8 Å². The average Bonchev–Trinajstić information content (AvgIpc) is 2.98. The Balaban J connectivity index is 1.70. The fourth-order valence-corrected chi connectivity index (χ4v) is 2.51. The Morgan fingerprint density at radius 3 is 2.56 bits per heavy atom. The smallest absolute Gasteiger partial charge is 0.279 e. The molecule has 3 rings (SSSR count). The SMILES string of the molecule is CCOc1ccc(NC(=O)c2nnn(Cc3ccccc3)c2Cl)cc1. The summed E-state index contributed by atoms with van der Waals surface area (Å²) in [6.07, 6.45) is 0. The largest absolute Gasteiger partial charge is 0.494 e. The fourth-order valence-electron chi connectivity index (χ4n) is 2.29. The van der Waals surface area contributed by atoms with Gasteiger partial charge in [0, 0.05) is 5.69 Å². The summed E-state index contributed by atoms with van der Waals surface area (Å²) in [4.78, 5) is 12.4. The van der Waals surface area contributed by atoms with Crippen LogP contribution in [0.25, 0.3) is 0 Å². The molecule has 128 valence electrons. The number of aromatic nitrogens is 3. The van der Waals surface area contributed by atoms with Crippen LogP contribution < -0.4 is 10.1 Å². The third-order valence-corrected chi connectivity index (χ3v) is 3.86. The minimum absolute atomic E-state index is 0.0893. The Kier molecular flexibility index (Phi) is 5.30. The van der Waals surface area contributed by atoms with Gasteiger partial charge >= 0.3 is 0 Å². The molecule has 1 aromatic heterocycles. The molecule has 0 radical (unpaired) electrons. The van der Waals surface area contributed by atoms with Crippen molar-refractivity contribution in [3.05, 3.63) is 71.0 Å². The van der Waals surface area contributed by atoms with E-state index < -0.39 is 5.91 Å². The number of carbonyl (C=O) groups excluding carboxylic acids is 1. The van der Waals surface area contributed by atoms with Gasteiger partial charge in [-0.1, -0.05) is 47.1 Å². The van der Waals surface area contributed by atoms with E-state index in [2.05, 4.69) is 15.6 Å². The van der Waals surface area contributed by atoms with E-state index in [1.54, 1.807) is 24.3 Å². The van der Waals surface area contributed by atoms with Gasteiger partial charge in [0.05, 0.1) is 13.2 Å². The van der Waals surface area contributed by atoms with Crippen LogP contribution in [-0.2, 0) is 6.54 Å². The number of amides is 1. The first-order valence-corrected chi connectivity index (χ1v) is 8.22. The van der Waals surface area contributed by atoms with Crippen molar-refractivity contribution in [3.63, 3.8) is 0 Å². The van der Waals surface area contributed by atoms with E-state index in [4.69, 9.17) is 16.3 Å². The first-order valence-electron chi connectivity index (χ1n) is 7.84. The van der Waals surface area contributed by atoms with Gasteiger partial charge < -0.3 is 10.1 Å². The molecule has 0 spiro atoms. The van der Waals surface area contributed by atoms with Gasteiger partial charge in [-0.2, -0.15) is 0 Å². The zero-order valence-corrected chi connectivity index (χ0v) is 14.4. The second kappa shape index (κ2) is 7.81. The number of hydrogen-bond donors (Lipinski definition) is 1. The van der Waals surface area contributed by atoms with E-state index >= 15 is 0 Å². The van der Waals surface area contributed by atoms with Crippen LogP contribution in [0.1, 0.15) is 23.0 Å². The summed E-state index contributed by atoms with van der Waals surface area (Å²) in [7, 11) is 0. The van der Waals surface area contributed by atoms with Crippen molar-refractivity contribution in [1.82, 2.24) is 15.0 Å². The highest BCUT2D eigenvalue weighted by molar-refractivity contribution is 6.33. The molecule has 0 saturated heterocycles. The van der Waals surface area contributed by atoms with Gasteiger partial charge in [0.1, 0.15) is 5.75 Å². The molecule has 1 heterocycles. The summed E-state index contributed by atoms with van der Waals surface area (Å²) in [5, 5.41) is 10.8. The molecule has 0 bridgehead atoms. The lowest BCUT2D eigenvalue weighted by molar-refractivity contribution is 0.102. The van der Waals surface area contributed by atoms with Crippen molar-refractivity contribution in [3.8, 4) is 5.75 Å². The first-order chi connectivity index (χ1) is 12.2. The predicted octanol–water partition coefficient (Wildman–Crippen LogP) is 3.63. The zero-order chi connectivity index (χ0) is 17.6. The molecule has 2 aromatic carbocycles. The molecule has 25 heavy (non-hydrogen) atoms. The number of anilines is 1. The number of halogens is 1. The molecular formula is C18H17ClN4O2. The van der Waals surface area contributed by atoms with Gasteiger partial charge in [-0.05, 0) is 36.8 Å². The normalized spacial score (nSPS) is 10.5. The summed E-state index contributed by atoms with van der Waals surface area (Å²) in [5.41, 5.74) is 1.74. The van der Waals surface area contributed by atoms with Gasteiger partial charge in [0.25, 0.3) is 5.91 Å². The maximum atomic E-state index is 12.4. The number of rotatable bonds is 6. The van der Waals surface area contributed by atoms with Crippen LogP contribution >= 0.6 is 11.6 Å². The van der Waals surface area contributed by atoms with Crippen LogP contribution in [-0.4, -0.2) is 27.5 Å². The van der Waals surface area contributed by atoms with E-state index in [0.717, 1.165) is 11.3 Å². The maximum absolute atomic E-state index is 12.4. The molecule has 0 aliphatic carbocycles. The Bertz CT molecular complexity index is 847. The van der Waals surface area contributed by atoms with Crippen molar-refractivity contribution in [2.24, 2.45) is 0 Å². The summed E-state index contributed by atoms with van der Waals surface area (Å²) < 4.78 is 6.86. The van der Waals surface area contributed by atoms with Gasteiger partial charge in [0.15, 0.2) is 10.8 Å². The highest BCUT2D eigenvalue weighted by Gasteiger charge is 2.18. The van der Waals surface area contributed by atoms with Crippen molar-refractivity contribution in [1.29, 1.82) is 0 Å². The van der Waals surface area contributed by atoms with E-state index in [0.29, 0.717) is 18.8 Å². The third kappa shape index (κ3) is 4.16. The van der Waals surface area contributed by atoms with Gasteiger partial charge in [-0.3, -0.25) is 4.79 Å². The Morgan fingerprint density at radius 2 is 1.88 bits per heavy atom. The first kappa shape index (κ1) is 17.0. The molecule has 0 fully saturated rings. The molecule has 0 atom stereocenters. The molecule has 6 nitrogen and oxygen atoms in total. The maximum Gasteiger partial charge on any atom is 0.279 e. The Hall–Kier alpha value is -2.86. The van der Waals surface area contributed by atoms with Crippen molar-refractivity contribution in [2.45, 2.75) is 13.5 Å². The number of benzene rings is 2. The highest BCUT2D eigenvalue weighted by Crippen LogP contribution is 2.19. The zero-order valence-electron chi connectivity index (χ0n) is 13.6. The molecule has 7 heteroatoms. The van der Waals surface area contributed by atoms with E-state index in [9.17, 15) is 4.79 Å². The summed E-state index contributed by atoms with van der Waals surface area (Å²) >= 11 is 6.26. The van der Waals surface area contributed by atoms with Crippen LogP contribution in [0.5, 0.6) is 5.75 Å². The highest BCUT2D eigenvalue weighted by atomic mass is 35.5. The standard InChI is InChI=1S/C18H17ClN4O2/c1-2-25-15-10-8-14(9-11-15)20-18(24)16-17(19)23(22-21-16)12-13-6-4-3-5-7-13/h3-11H,2,12H2,1H3,(H,20,24). The summed E-state index contributed by atoms with van der Waals surface area (Å²) in [6, 6.07) is 16.8. The molecule has 0 aliphatic heterocycles. The minimum atomic E-state index is -0.409. The van der Waals surface area contributed by atoms with E-state index in [1.165, 1.54) is 4.68 Å². The molecule has 0 aliphatic rings. The lowest BCUT2D eigenvalue weighted by Gasteiger charge is -2.06.